The number of halogens is 2. The van der Waals surface area contributed by atoms with Crippen LogP contribution in [0.1, 0.15) is 11.1 Å². The van der Waals surface area contributed by atoms with Crippen molar-refractivity contribution in [3.8, 4) is 11.3 Å². The minimum absolute atomic E-state index is 0.331. The summed E-state index contributed by atoms with van der Waals surface area (Å²) >= 11 is 0. The summed E-state index contributed by atoms with van der Waals surface area (Å²) in [7, 11) is 0. The van der Waals surface area contributed by atoms with Crippen molar-refractivity contribution >= 4 is 0 Å². The second-order valence-electron chi connectivity index (χ2n) is 3.70. The lowest BCUT2D eigenvalue weighted by Crippen LogP contribution is -1.88. The second kappa shape index (κ2) is 4.39. The lowest BCUT2D eigenvalue weighted by atomic mass is 10.1. The lowest BCUT2D eigenvalue weighted by Gasteiger charge is -2.03. The van der Waals surface area contributed by atoms with E-state index in [2.05, 4.69) is 4.98 Å². The molecule has 0 atom stereocenters. The van der Waals surface area contributed by atoms with Crippen LogP contribution in [0.15, 0.2) is 36.5 Å². The van der Waals surface area contributed by atoms with Gasteiger partial charge in [-0.25, -0.2) is 8.78 Å². The van der Waals surface area contributed by atoms with Crippen LogP contribution < -0.4 is 0 Å². The summed E-state index contributed by atoms with van der Waals surface area (Å²) in [5.74, 6) is -0.437. The van der Waals surface area contributed by atoms with E-state index in [-0.39, 0.29) is 0 Å². The summed E-state index contributed by atoms with van der Waals surface area (Å²) in [4.78, 5) is 4.18. The molecule has 1 aromatic carbocycles. The molecule has 3 heteroatoms. The van der Waals surface area contributed by atoms with Crippen LogP contribution in [0.5, 0.6) is 0 Å². The number of hydrogen-bond donors (Lipinski definition) is 0. The zero-order valence-corrected chi connectivity index (χ0v) is 8.87. The number of alkyl halides is 1. The van der Waals surface area contributed by atoms with E-state index >= 15 is 0 Å². The summed E-state index contributed by atoms with van der Waals surface area (Å²) in [6.07, 6.45) is 1.70. The van der Waals surface area contributed by atoms with Gasteiger partial charge in [0.25, 0.3) is 0 Å². The molecule has 1 heterocycles. The van der Waals surface area contributed by atoms with Crippen molar-refractivity contribution in [1.29, 1.82) is 0 Å². The van der Waals surface area contributed by atoms with E-state index in [1.54, 1.807) is 18.3 Å². The molecular formula is C13H11F2N. The predicted octanol–water partition coefficient (Wildman–Crippen LogP) is 3.67. The third-order valence-electron chi connectivity index (χ3n) is 2.32. The SMILES string of the molecule is Cc1ccc(-c2cc(F)cc(CF)c2)nc1. The summed E-state index contributed by atoms with van der Waals surface area (Å²) in [5, 5.41) is 0. The highest BCUT2D eigenvalue weighted by atomic mass is 19.1. The van der Waals surface area contributed by atoms with Crippen molar-refractivity contribution in [3.05, 3.63) is 53.5 Å². The quantitative estimate of drug-likeness (QED) is 0.751. The van der Waals surface area contributed by atoms with Crippen molar-refractivity contribution in [2.75, 3.05) is 0 Å². The molecular weight excluding hydrogens is 208 g/mol. The van der Waals surface area contributed by atoms with Gasteiger partial charge in [-0.05, 0) is 42.3 Å². The molecule has 2 aromatic rings. The monoisotopic (exact) mass is 219 g/mol. The molecule has 16 heavy (non-hydrogen) atoms. The third-order valence-corrected chi connectivity index (χ3v) is 2.32. The average Bonchev–Trinajstić information content (AvgIpc) is 2.29. The zero-order chi connectivity index (χ0) is 11.5. The Labute approximate surface area is 92.8 Å². The van der Waals surface area contributed by atoms with Crippen LogP contribution in [0.25, 0.3) is 11.3 Å². The smallest absolute Gasteiger partial charge is 0.124 e. The van der Waals surface area contributed by atoms with E-state index in [9.17, 15) is 8.78 Å². The van der Waals surface area contributed by atoms with E-state index in [1.165, 1.54) is 12.1 Å². The van der Waals surface area contributed by atoms with Crippen LogP contribution in [0.2, 0.25) is 0 Å². The van der Waals surface area contributed by atoms with Gasteiger partial charge in [0.05, 0.1) is 5.69 Å². The summed E-state index contributed by atoms with van der Waals surface area (Å²) in [5.41, 5.74) is 2.62. The fourth-order valence-corrected chi connectivity index (χ4v) is 1.51. The number of rotatable bonds is 2. The van der Waals surface area contributed by atoms with Crippen molar-refractivity contribution in [3.63, 3.8) is 0 Å². The van der Waals surface area contributed by atoms with Gasteiger partial charge in [-0.2, -0.15) is 0 Å². The van der Waals surface area contributed by atoms with Crippen molar-refractivity contribution in [1.82, 2.24) is 4.98 Å². The van der Waals surface area contributed by atoms with Crippen molar-refractivity contribution in [2.45, 2.75) is 13.6 Å². The van der Waals surface area contributed by atoms with Crippen LogP contribution in [-0.4, -0.2) is 4.98 Å². The summed E-state index contributed by atoms with van der Waals surface area (Å²) in [6, 6.07) is 7.85. The van der Waals surface area contributed by atoms with E-state index in [0.717, 1.165) is 5.56 Å². The number of nitrogens with zero attached hydrogens (tertiary/aromatic N) is 1. The fraction of sp³-hybridized carbons (Fsp3) is 0.154. The number of benzene rings is 1. The van der Waals surface area contributed by atoms with Crippen molar-refractivity contribution < 1.29 is 8.78 Å². The van der Waals surface area contributed by atoms with Gasteiger partial charge in [0.1, 0.15) is 12.5 Å². The standard InChI is InChI=1S/C13H11F2N/c1-9-2-3-13(16-8-9)11-4-10(7-14)5-12(15)6-11/h2-6,8H,7H2,1H3. The Bertz CT molecular complexity index is 492. The van der Waals surface area contributed by atoms with Gasteiger partial charge in [0.2, 0.25) is 0 Å². The molecule has 0 amide bonds. The first kappa shape index (κ1) is 10.7. The van der Waals surface area contributed by atoms with Crippen LogP contribution >= 0.6 is 0 Å². The fourth-order valence-electron chi connectivity index (χ4n) is 1.51. The molecule has 0 radical (unpaired) electrons. The molecule has 0 bridgehead atoms. The van der Waals surface area contributed by atoms with Crippen LogP contribution in [0.4, 0.5) is 8.78 Å². The van der Waals surface area contributed by atoms with E-state index in [4.69, 9.17) is 0 Å². The molecule has 0 aliphatic carbocycles. The van der Waals surface area contributed by atoms with E-state index < -0.39 is 12.5 Å². The largest absolute Gasteiger partial charge is 0.256 e. The Kier molecular flexibility index (Phi) is 2.95. The van der Waals surface area contributed by atoms with Gasteiger partial charge in [0.15, 0.2) is 0 Å². The predicted molar refractivity (Wildman–Crippen MR) is 59.2 cm³/mol. The summed E-state index contributed by atoms with van der Waals surface area (Å²) in [6.45, 7) is 1.26. The van der Waals surface area contributed by atoms with E-state index in [0.29, 0.717) is 16.8 Å². The van der Waals surface area contributed by atoms with E-state index in [1.807, 2.05) is 13.0 Å². The molecule has 2 rings (SSSR count). The minimum atomic E-state index is -0.670. The molecule has 0 saturated carbocycles. The maximum atomic E-state index is 13.2. The molecule has 0 spiro atoms. The zero-order valence-electron chi connectivity index (χ0n) is 8.87. The Morgan fingerprint density at radius 3 is 2.62 bits per heavy atom. The Morgan fingerprint density at radius 2 is 2.00 bits per heavy atom. The van der Waals surface area contributed by atoms with Gasteiger partial charge in [0, 0.05) is 11.8 Å². The maximum Gasteiger partial charge on any atom is 0.124 e. The number of hydrogen-bond acceptors (Lipinski definition) is 1. The molecule has 0 saturated heterocycles. The Hall–Kier alpha value is -1.77. The lowest BCUT2D eigenvalue weighted by molar-refractivity contribution is 0.482. The number of aromatic nitrogens is 1. The molecule has 0 fully saturated rings. The normalized spacial score (nSPS) is 10.4. The van der Waals surface area contributed by atoms with Crippen LogP contribution in [0.3, 0.4) is 0 Å². The molecule has 0 aliphatic heterocycles. The van der Waals surface area contributed by atoms with Crippen LogP contribution in [0, 0.1) is 12.7 Å². The van der Waals surface area contributed by atoms with Gasteiger partial charge < -0.3 is 0 Å². The number of pyridine rings is 1. The van der Waals surface area contributed by atoms with Crippen molar-refractivity contribution in [2.24, 2.45) is 0 Å². The van der Waals surface area contributed by atoms with Gasteiger partial charge >= 0.3 is 0 Å². The van der Waals surface area contributed by atoms with Crippen LogP contribution in [-0.2, 0) is 6.67 Å². The van der Waals surface area contributed by atoms with Gasteiger partial charge in [-0.1, -0.05) is 6.07 Å². The maximum absolute atomic E-state index is 13.2. The highest BCUT2D eigenvalue weighted by Crippen LogP contribution is 2.20. The molecule has 0 unspecified atom stereocenters. The average molecular weight is 219 g/mol. The highest BCUT2D eigenvalue weighted by molar-refractivity contribution is 5.60. The Balaban J connectivity index is 2.47. The second-order valence-corrected chi connectivity index (χ2v) is 3.70. The third kappa shape index (κ3) is 2.24. The molecule has 1 aromatic heterocycles. The Morgan fingerprint density at radius 1 is 1.19 bits per heavy atom. The van der Waals surface area contributed by atoms with Gasteiger partial charge in [-0.3, -0.25) is 4.98 Å². The summed E-state index contributed by atoms with van der Waals surface area (Å²) < 4.78 is 25.7. The topological polar surface area (TPSA) is 12.9 Å². The minimum Gasteiger partial charge on any atom is -0.256 e. The first-order valence-corrected chi connectivity index (χ1v) is 4.97. The molecule has 0 N–H and O–H groups in total. The number of aryl methyl sites for hydroxylation is 1. The molecule has 0 aliphatic rings. The highest BCUT2D eigenvalue weighted by Gasteiger charge is 2.04. The molecule has 1 nitrogen and oxygen atoms in total. The first-order chi connectivity index (χ1) is 7.69. The molecule has 82 valence electrons. The van der Waals surface area contributed by atoms with Gasteiger partial charge in [-0.15, -0.1) is 0 Å². The first-order valence-electron chi connectivity index (χ1n) is 4.97.